The molecule has 0 aromatic heterocycles. The molecule has 2 amide bonds. The highest BCUT2D eigenvalue weighted by Gasteiger charge is 2.29. The number of piperidine rings is 1. The van der Waals surface area contributed by atoms with Crippen molar-refractivity contribution in [1.29, 1.82) is 0 Å². The number of ether oxygens (including phenoxy) is 1. The summed E-state index contributed by atoms with van der Waals surface area (Å²) in [6, 6.07) is 15.6. The first-order valence-corrected chi connectivity index (χ1v) is 9.55. The van der Waals surface area contributed by atoms with Crippen LogP contribution in [0.3, 0.4) is 0 Å². The number of aryl methyl sites for hydroxylation is 2. The molecule has 0 saturated carbocycles. The van der Waals surface area contributed by atoms with Gasteiger partial charge in [0.2, 0.25) is 5.91 Å². The Balaban J connectivity index is 1.53. The van der Waals surface area contributed by atoms with Crippen LogP contribution in [0.15, 0.2) is 48.5 Å². The van der Waals surface area contributed by atoms with Crippen LogP contribution in [-0.2, 0) is 32.0 Å². The van der Waals surface area contributed by atoms with Gasteiger partial charge in [-0.2, -0.15) is 0 Å². The lowest BCUT2D eigenvalue weighted by Gasteiger charge is -2.25. The fourth-order valence-electron chi connectivity index (χ4n) is 3.80. The number of nitrogens with one attached hydrogen (secondary N) is 1. The van der Waals surface area contributed by atoms with E-state index in [1.54, 1.807) is 4.90 Å². The highest BCUT2D eigenvalue weighted by molar-refractivity contribution is 6.03. The summed E-state index contributed by atoms with van der Waals surface area (Å²) in [6.45, 7) is -0.0623. The Hall–Kier alpha value is -3.15. The third-order valence-corrected chi connectivity index (χ3v) is 5.31. The normalized spacial score (nSPS) is 18.4. The Morgan fingerprint density at radius 1 is 0.964 bits per heavy atom. The van der Waals surface area contributed by atoms with E-state index in [0.29, 0.717) is 12.8 Å². The zero-order chi connectivity index (χ0) is 19.5. The SMILES string of the molecule is O=C1CCC(C(=O)OCC(=O)N2c3ccccc3CCc3ccccc32)CN1. The lowest BCUT2D eigenvalue weighted by Crippen LogP contribution is -2.40. The highest BCUT2D eigenvalue weighted by Crippen LogP contribution is 2.36. The molecule has 6 nitrogen and oxygen atoms in total. The van der Waals surface area contributed by atoms with Crippen LogP contribution < -0.4 is 10.2 Å². The van der Waals surface area contributed by atoms with E-state index in [1.165, 1.54) is 0 Å². The highest BCUT2D eigenvalue weighted by atomic mass is 16.5. The molecule has 144 valence electrons. The smallest absolute Gasteiger partial charge is 0.311 e. The molecule has 2 aromatic rings. The van der Waals surface area contributed by atoms with E-state index in [9.17, 15) is 14.4 Å². The lowest BCUT2D eigenvalue weighted by atomic mass is 10.00. The number of hydrogen-bond donors (Lipinski definition) is 1. The Kier molecular flexibility index (Phi) is 5.10. The zero-order valence-electron chi connectivity index (χ0n) is 15.5. The maximum atomic E-state index is 13.1. The summed E-state index contributed by atoms with van der Waals surface area (Å²) in [5.41, 5.74) is 3.85. The zero-order valence-corrected chi connectivity index (χ0v) is 15.5. The fraction of sp³-hybridized carbons (Fsp3) is 0.318. The molecule has 2 aromatic carbocycles. The van der Waals surface area contributed by atoms with Gasteiger partial charge in [-0.3, -0.25) is 19.3 Å². The van der Waals surface area contributed by atoms with Crippen molar-refractivity contribution in [2.45, 2.75) is 25.7 Å². The summed E-state index contributed by atoms with van der Waals surface area (Å²) in [5.74, 6) is -1.17. The van der Waals surface area contributed by atoms with Crippen molar-refractivity contribution in [3.63, 3.8) is 0 Å². The third-order valence-electron chi connectivity index (χ3n) is 5.31. The maximum absolute atomic E-state index is 13.1. The molecule has 0 bridgehead atoms. The molecule has 4 rings (SSSR count). The number of para-hydroxylation sites is 2. The van der Waals surface area contributed by atoms with E-state index in [2.05, 4.69) is 5.32 Å². The van der Waals surface area contributed by atoms with Crippen molar-refractivity contribution >= 4 is 29.2 Å². The van der Waals surface area contributed by atoms with Gasteiger partial charge in [-0.15, -0.1) is 0 Å². The van der Waals surface area contributed by atoms with E-state index in [0.717, 1.165) is 35.3 Å². The fourth-order valence-corrected chi connectivity index (χ4v) is 3.80. The summed E-state index contributed by atoms with van der Waals surface area (Å²) < 4.78 is 5.32. The number of nitrogens with zero attached hydrogens (tertiary/aromatic N) is 1. The van der Waals surface area contributed by atoms with Gasteiger partial charge in [-0.05, 0) is 42.5 Å². The topological polar surface area (TPSA) is 75.7 Å². The van der Waals surface area contributed by atoms with E-state index >= 15 is 0 Å². The van der Waals surface area contributed by atoms with Crippen LogP contribution >= 0.6 is 0 Å². The van der Waals surface area contributed by atoms with Crippen molar-refractivity contribution < 1.29 is 19.1 Å². The number of esters is 1. The van der Waals surface area contributed by atoms with E-state index < -0.39 is 11.9 Å². The van der Waals surface area contributed by atoms with Gasteiger partial charge in [0.05, 0.1) is 17.3 Å². The van der Waals surface area contributed by atoms with Crippen LogP contribution in [0.5, 0.6) is 0 Å². The average molecular weight is 378 g/mol. The average Bonchev–Trinajstić information content (AvgIpc) is 2.89. The summed E-state index contributed by atoms with van der Waals surface area (Å²) in [4.78, 5) is 38.3. The summed E-state index contributed by atoms with van der Waals surface area (Å²) in [7, 11) is 0. The van der Waals surface area contributed by atoms with E-state index in [-0.39, 0.29) is 25.0 Å². The molecule has 2 aliphatic rings. The molecule has 0 aliphatic carbocycles. The van der Waals surface area contributed by atoms with Crippen molar-refractivity contribution in [3.8, 4) is 0 Å². The first-order chi connectivity index (χ1) is 13.6. The number of benzene rings is 2. The van der Waals surface area contributed by atoms with Gasteiger partial charge >= 0.3 is 5.97 Å². The van der Waals surface area contributed by atoms with Gasteiger partial charge in [-0.25, -0.2) is 0 Å². The predicted molar refractivity (Wildman–Crippen MR) is 104 cm³/mol. The van der Waals surface area contributed by atoms with Gasteiger partial charge in [0.1, 0.15) is 0 Å². The molecule has 1 N–H and O–H groups in total. The second-order valence-corrected chi connectivity index (χ2v) is 7.13. The molecular formula is C22H22N2O4. The van der Waals surface area contributed by atoms with Crippen LogP contribution in [0.25, 0.3) is 0 Å². The van der Waals surface area contributed by atoms with Gasteiger partial charge in [0.25, 0.3) is 5.91 Å². The number of amides is 2. The number of fused-ring (bicyclic) bond motifs is 2. The largest absolute Gasteiger partial charge is 0.455 e. The summed E-state index contributed by atoms with van der Waals surface area (Å²) in [6.07, 6.45) is 2.45. The Morgan fingerprint density at radius 3 is 2.14 bits per heavy atom. The lowest BCUT2D eigenvalue weighted by molar-refractivity contribution is -0.153. The number of hydrogen-bond acceptors (Lipinski definition) is 4. The van der Waals surface area contributed by atoms with Crippen molar-refractivity contribution in [2.75, 3.05) is 18.1 Å². The number of rotatable bonds is 3. The number of anilines is 2. The van der Waals surface area contributed by atoms with E-state index in [4.69, 9.17) is 4.74 Å². The minimum atomic E-state index is -0.440. The van der Waals surface area contributed by atoms with Gasteiger partial charge < -0.3 is 10.1 Å². The van der Waals surface area contributed by atoms with Crippen molar-refractivity contribution in [3.05, 3.63) is 59.7 Å². The summed E-state index contributed by atoms with van der Waals surface area (Å²) >= 11 is 0. The Labute approximate surface area is 163 Å². The first kappa shape index (κ1) is 18.2. The number of carbonyl (C=O) groups is 3. The predicted octanol–water partition coefficient (Wildman–Crippen LogP) is 2.52. The summed E-state index contributed by atoms with van der Waals surface area (Å²) in [5, 5.41) is 2.66. The quantitative estimate of drug-likeness (QED) is 0.833. The van der Waals surface area contributed by atoms with Gasteiger partial charge in [0.15, 0.2) is 6.61 Å². The second kappa shape index (κ2) is 7.84. The molecule has 0 spiro atoms. The Bertz CT molecular complexity index is 867. The molecule has 6 heteroatoms. The standard InChI is InChI=1S/C22H22N2O4/c25-20-12-11-17(13-23-20)22(27)28-14-21(26)24-18-7-3-1-5-15(18)9-10-16-6-2-4-8-19(16)24/h1-8,17H,9-14H2,(H,23,25). The van der Waals surface area contributed by atoms with E-state index in [1.807, 2.05) is 48.5 Å². The monoisotopic (exact) mass is 378 g/mol. The van der Waals surface area contributed by atoms with Crippen LogP contribution in [0, 0.1) is 5.92 Å². The van der Waals surface area contributed by atoms with Crippen LogP contribution in [-0.4, -0.2) is 30.9 Å². The van der Waals surface area contributed by atoms with Crippen molar-refractivity contribution in [1.82, 2.24) is 5.32 Å². The first-order valence-electron chi connectivity index (χ1n) is 9.55. The van der Waals surface area contributed by atoms with Gasteiger partial charge in [0, 0.05) is 13.0 Å². The molecule has 1 saturated heterocycles. The third kappa shape index (κ3) is 3.63. The maximum Gasteiger partial charge on any atom is 0.311 e. The molecular weight excluding hydrogens is 356 g/mol. The van der Waals surface area contributed by atoms with Crippen molar-refractivity contribution in [2.24, 2.45) is 5.92 Å². The van der Waals surface area contributed by atoms with Crippen LogP contribution in [0.1, 0.15) is 24.0 Å². The molecule has 0 radical (unpaired) electrons. The van der Waals surface area contributed by atoms with Gasteiger partial charge in [-0.1, -0.05) is 36.4 Å². The second-order valence-electron chi connectivity index (χ2n) is 7.13. The molecule has 1 atom stereocenters. The molecule has 1 unspecified atom stereocenters. The molecule has 2 aliphatic heterocycles. The van der Waals surface area contributed by atoms with Crippen LogP contribution in [0.4, 0.5) is 11.4 Å². The molecule has 2 heterocycles. The molecule has 28 heavy (non-hydrogen) atoms. The minimum absolute atomic E-state index is 0.0575. The minimum Gasteiger partial charge on any atom is -0.455 e. The Morgan fingerprint density at radius 2 is 1.57 bits per heavy atom. The van der Waals surface area contributed by atoms with Crippen LogP contribution in [0.2, 0.25) is 0 Å². The number of carbonyl (C=O) groups excluding carboxylic acids is 3. The molecule has 1 fully saturated rings.